The number of aromatic amines is 1. The Hall–Kier alpha value is -4.10. The van der Waals surface area contributed by atoms with E-state index in [0.717, 1.165) is 0 Å². The van der Waals surface area contributed by atoms with Gasteiger partial charge in [0.15, 0.2) is 0 Å². The third-order valence-electron chi connectivity index (χ3n) is 6.60. The molecule has 0 amide bonds. The molecule has 7 aromatic rings. The van der Waals surface area contributed by atoms with Crippen molar-refractivity contribution >= 4 is 54.1 Å². The number of hydrogen-bond acceptors (Lipinski definition) is 0. The van der Waals surface area contributed by atoms with E-state index in [0.29, 0.717) is 0 Å². The first-order chi connectivity index (χ1) is 15.4. The molecular formula is C30H19N. The average molecular weight is 393 g/mol. The number of H-pyrrole nitrogens is 1. The summed E-state index contributed by atoms with van der Waals surface area (Å²) in [6, 6.07) is 39.5. The highest BCUT2D eigenvalue weighted by molar-refractivity contribution is 6.29. The molecule has 0 aliphatic carbocycles. The molecule has 0 aliphatic heterocycles. The Morgan fingerprint density at radius 1 is 0.355 bits per heavy atom. The van der Waals surface area contributed by atoms with Crippen LogP contribution in [0.15, 0.2) is 109 Å². The summed E-state index contributed by atoms with van der Waals surface area (Å²) < 4.78 is 0. The van der Waals surface area contributed by atoms with Gasteiger partial charge in [-0.3, -0.25) is 0 Å². The van der Waals surface area contributed by atoms with Crippen LogP contribution in [0.2, 0.25) is 0 Å². The lowest BCUT2D eigenvalue weighted by Gasteiger charge is -2.14. The van der Waals surface area contributed by atoms with Crippen molar-refractivity contribution in [3.63, 3.8) is 0 Å². The summed E-state index contributed by atoms with van der Waals surface area (Å²) in [7, 11) is 0. The van der Waals surface area contributed by atoms with Gasteiger partial charge >= 0.3 is 0 Å². The maximum Gasteiger partial charge on any atom is 0.0544 e. The van der Waals surface area contributed by atoms with Crippen LogP contribution >= 0.6 is 0 Å². The van der Waals surface area contributed by atoms with E-state index in [1.165, 1.54) is 65.3 Å². The molecule has 0 saturated heterocycles. The van der Waals surface area contributed by atoms with Gasteiger partial charge in [0.05, 0.1) is 5.52 Å². The van der Waals surface area contributed by atoms with E-state index in [-0.39, 0.29) is 0 Å². The minimum absolute atomic E-state index is 1.18. The largest absolute Gasteiger partial charge is 0.354 e. The molecule has 0 radical (unpaired) electrons. The van der Waals surface area contributed by atoms with Crippen molar-refractivity contribution in [2.45, 2.75) is 0 Å². The van der Waals surface area contributed by atoms with E-state index in [1.54, 1.807) is 0 Å². The van der Waals surface area contributed by atoms with E-state index < -0.39 is 0 Å². The fraction of sp³-hybridized carbons (Fsp3) is 0. The minimum atomic E-state index is 1.18. The highest BCUT2D eigenvalue weighted by Crippen LogP contribution is 2.42. The molecule has 1 N–H and O–H groups in total. The minimum Gasteiger partial charge on any atom is -0.354 e. The van der Waals surface area contributed by atoms with E-state index in [2.05, 4.69) is 114 Å². The Balaban J connectivity index is 1.71. The topological polar surface area (TPSA) is 15.8 Å². The molecule has 1 heteroatoms. The second kappa shape index (κ2) is 6.20. The fourth-order valence-corrected chi connectivity index (χ4v) is 5.28. The molecule has 0 bridgehead atoms. The zero-order valence-electron chi connectivity index (χ0n) is 16.9. The molecule has 0 aliphatic rings. The van der Waals surface area contributed by atoms with Gasteiger partial charge in [-0.15, -0.1) is 0 Å². The number of aromatic nitrogens is 1. The molecule has 1 heterocycles. The molecule has 0 spiro atoms. The third-order valence-corrected chi connectivity index (χ3v) is 6.60. The number of rotatable bonds is 1. The van der Waals surface area contributed by atoms with Gasteiger partial charge in [-0.2, -0.15) is 0 Å². The van der Waals surface area contributed by atoms with Crippen molar-refractivity contribution < 1.29 is 0 Å². The van der Waals surface area contributed by atoms with Crippen LogP contribution in [0.25, 0.3) is 65.3 Å². The van der Waals surface area contributed by atoms with Crippen LogP contribution in [0.5, 0.6) is 0 Å². The quantitative estimate of drug-likeness (QED) is 0.269. The van der Waals surface area contributed by atoms with Crippen LogP contribution in [0.3, 0.4) is 0 Å². The van der Waals surface area contributed by atoms with Crippen molar-refractivity contribution in [2.24, 2.45) is 0 Å². The van der Waals surface area contributed by atoms with Gasteiger partial charge in [0.1, 0.15) is 0 Å². The molecule has 0 unspecified atom stereocenters. The molecule has 6 aromatic carbocycles. The monoisotopic (exact) mass is 393 g/mol. The van der Waals surface area contributed by atoms with Crippen molar-refractivity contribution in [1.82, 2.24) is 4.98 Å². The van der Waals surface area contributed by atoms with Gasteiger partial charge < -0.3 is 4.98 Å². The molecule has 7 rings (SSSR count). The maximum absolute atomic E-state index is 3.70. The molecule has 31 heavy (non-hydrogen) atoms. The molecule has 1 aromatic heterocycles. The average Bonchev–Trinajstić information content (AvgIpc) is 3.23. The summed E-state index contributed by atoms with van der Waals surface area (Å²) in [5.41, 5.74) is 4.91. The van der Waals surface area contributed by atoms with Crippen molar-refractivity contribution in [2.75, 3.05) is 0 Å². The number of nitrogens with one attached hydrogen (secondary N) is 1. The zero-order chi connectivity index (χ0) is 20.4. The summed E-state index contributed by atoms with van der Waals surface area (Å²) in [6.45, 7) is 0. The van der Waals surface area contributed by atoms with Gasteiger partial charge in [0.2, 0.25) is 0 Å². The van der Waals surface area contributed by atoms with Crippen molar-refractivity contribution in [3.05, 3.63) is 109 Å². The third kappa shape index (κ3) is 2.26. The first-order valence-corrected chi connectivity index (χ1v) is 10.7. The first kappa shape index (κ1) is 16.7. The Morgan fingerprint density at radius 3 is 1.55 bits per heavy atom. The Morgan fingerprint density at radius 2 is 0.839 bits per heavy atom. The van der Waals surface area contributed by atoms with Crippen LogP contribution in [-0.2, 0) is 0 Å². The van der Waals surface area contributed by atoms with Crippen LogP contribution in [0.1, 0.15) is 0 Å². The number of fused-ring (bicyclic) bond motifs is 9. The van der Waals surface area contributed by atoms with Crippen LogP contribution in [0, 0.1) is 0 Å². The molecule has 144 valence electrons. The Labute approximate surface area is 179 Å². The standard InChI is InChI=1S/C30H19N/c1-2-10-21-19(9-1)20-11-3-4-13-23(20)29-24(21)14-7-15-25(29)27-17-8-16-26-22-12-5-6-18-28(22)31-30(26)27/h1-18,31H. The number of para-hydroxylation sites is 2. The predicted molar refractivity (Wildman–Crippen MR) is 134 cm³/mol. The van der Waals surface area contributed by atoms with Crippen molar-refractivity contribution in [3.8, 4) is 11.1 Å². The normalized spacial score (nSPS) is 11.9. The van der Waals surface area contributed by atoms with Crippen molar-refractivity contribution in [1.29, 1.82) is 0 Å². The lowest BCUT2D eigenvalue weighted by atomic mass is 9.89. The Bertz CT molecular complexity index is 1740. The lowest BCUT2D eigenvalue weighted by molar-refractivity contribution is 1.54. The molecule has 0 saturated carbocycles. The van der Waals surface area contributed by atoms with Gasteiger partial charge in [-0.25, -0.2) is 0 Å². The summed E-state index contributed by atoms with van der Waals surface area (Å²) in [5, 5.41) is 10.4. The molecule has 1 nitrogen and oxygen atoms in total. The van der Waals surface area contributed by atoms with Gasteiger partial charge in [-0.05, 0) is 43.9 Å². The smallest absolute Gasteiger partial charge is 0.0544 e. The summed E-state index contributed by atoms with van der Waals surface area (Å²) in [6.07, 6.45) is 0. The first-order valence-electron chi connectivity index (χ1n) is 10.7. The van der Waals surface area contributed by atoms with E-state index in [1.807, 2.05) is 0 Å². The lowest BCUT2D eigenvalue weighted by Crippen LogP contribution is -1.88. The summed E-state index contributed by atoms with van der Waals surface area (Å²) in [4.78, 5) is 3.70. The fourth-order valence-electron chi connectivity index (χ4n) is 5.28. The summed E-state index contributed by atoms with van der Waals surface area (Å²) in [5.74, 6) is 0. The molecule has 0 atom stereocenters. The van der Waals surface area contributed by atoms with Gasteiger partial charge in [0.25, 0.3) is 0 Å². The number of hydrogen-bond donors (Lipinski definition) is 1. The Kier molecular flexibility index (Phi) is 3.33. The number of benzene rings is 6. The molecule has 0 fully saturated rings. The highest BCUT2D eigenvalue weighted by Gasteiger charge is 2.15. The second-order valence-corrected chi connectivity index (χ2v) is 8.22. The van der Waals surface area contributed by atoms with Gasteiger partial charge in [-0.1, -0.05) is 103 Å². The van der Waals surface area contributed by atoms with Crippen LogP contribution in [-0.4, -0.2) is 4.98 Å². The van der Waals surface area contributed by atoms with E-state index in [9.17, 15) is 0 Å². The maximum atomic E-state index is 3.70. The second-order valence-electron chi connectivity index (χ2n) is 8.22. The SMILES string of the molecule is c1ccc2c(c1)[nH]c1c(-c3cccc4c5ccccc5c5ccccc5c34)cccc12. The van der Waals surface area contributed by atoms with Crippen LogP contribution < -0.4 is 0 Å². The van der Waals surface area contributed by atoms with E-state index in [4.69, 9.17) is 0 Å². The molecular weight excluding hydrogens is 374 g/mol. The predicted octanol–water partition coefficient (Wildman–Crippen LogP) is 8.45. The summed E-state index contributed by atoms with van der Waals surface area (Å²) >= 11 is 0. The highest BCUT2D eigenvalue weighted by atomic mass is 14.7. The zero-order valence-corrected chi connectivity index (χ0v) is 16.9. The van der Waals surface area contributed by atoms with Gasteiger partial charge in [0, 0.05) is 21.9 Å². The van der Waals surface area contributed by atoms with Crippen LogP contribution in [0.4, 0.5) is 0 Å². The van der Waals surface area contributed by atoms with E-state index >= 15 is 0 Å².